The number of carbonyl (C=O) groups excluding carboxylic acids is 2. The maximum absolute atomic E-state index is 12.6. The molecule has 0 saturated heterocycles. The lowest BCUT2D eigenvalue weighted by molar-refractivity contribution is -0.148. The van der Waals surface area contributed by atoms with Gasteiger partial charge in [-0.25, -0.2) is 0 Å². The fraction of sp³-hybridized carbons (Fsp3) is 0.889. The first-order chi connectivity index (χ1) is 10.7. The van der Waals surface area contributed by atoms with E-state index in [4.69, 9.17) is 4.74 Å². The number of esters is 1. The normalized spacial score (nSPS) is 13.0. The summed E-state index contributed by atoms with van der Waals surface area (Å²) in [7, 11) is 1.39. The third kappa shape index (κ3) is 8.35. The highest BCUT2D eigenvalue weighted by Crippen LogP contribution is 2.19. The van der Waals surface area contributed by atoms with Crippen molar-refractivity contribution in [3.8, 4) is 0 Å². The summed E-state index contributed by atoms with van der Waals surface area (Å²) in [5.41, 5.74) is -0.436. The van der Waals surface area contributed by atoms with E-state index in [1.807, 2.05) is 32.6 Å². The van der Waals surface area contributed by atoms with Crippen LogP contribution in [0.4, 0.5) is 0 Å². The number of hydrogen-bond donors (Lipinski definition) is 0. The third-order valence-corrected chi connectivity index (χ3v) is 4.07. The van der Waals surface area contributed by atoms with E-state index >= 15 is 0 Å². The van der Waals surface area contributed by atoms with Crippen molar-refractivity contribution in [3.05, 3.63) is 0 Å². The van der Waals surface area contributed by atoms with Gasteiger partial charge in [-0.3, -0.25) is 9.59 Å². The van der Waals surface area contributed by atoms with E-state index < -0.39 is 5.41 Å². The average molecular weight is 328 g/mol. The van der Waals surface area contributed by atoms with Gasteiger partial charge >= 0.3 is 5.97 Å². The highest BCUT2D eigenvalue weighted by molar-refractivity contribution is 5.82. The van der Waals surface area contributed by atoms with Crippen LogP contribution in [0.25, 0.3) is 0 Å². The number of ether oxygens (including phenoxy) is 1. The van der Waals surface area contributed by atoms with Gasteiger partial charge in [-0.05, 0) is 32.5 Å². The van der Waals surface area contributed by atoms with Crippen molar-refractivity contribution in [1.82, 2.24) is 9.80 Å². The second-order valence-electron chi connectivity index (χ2n) is 7.16. The van der Waals surface area contributed by atoms with Crippen LogP contribution in [-0.4, -0.2) is 61.5 Å². The minimum atomic E-state index is -0.436. The molecule has 1 amide bonds. The summed E-state index contributed by atoms with van der Waals surface area (Å²) in [6.45, 7) is 16.2. The molecule has 0 radical (unpaired) electrons. The molecule has 5 nitrogen and oxygen atoms in total. The van der Waals surface area contributed by atoms with Gasteiger partial charge in [-0.15, -0.1) is 0 Å². The Balaban J connectivity index is 4.62. The molecule has 0 N–H and O–H groups in total. The molecule has 0 fully saturated rings. The molecule has 1 atom stereocenters. The van der Waals surface area contributed by atoms with E-state index in [-0.39, 0.29) is 17.8 Å². The molecule has 136 valence electrons. The van der Waals surface area contributed by atoms with Gasteiger partial charge in [0.25, 0.3) is 0 Å². The molecule has 0 aromatic heterocycles. The Morgan fingerprint density at radius 3 is 2.00 bits per heavy atom. The summed E-state index contributed by atoms with van der Waals surface area (Å²) < 4.78 is 4.78. The summed E-state index contributed by atoms with van der Waals surface area (Å²) in [4.78, 5) is 28.5. The zero-order chi connectivity index (χ0) is 18.0. The predicted molar refractivity (Wildman–Crippen MR) is 94.2 cm³/mol. The van der Waals surface area contributed by atoms with Crippen LogP contribution in [0.5, 0.6) is 0 Å². The topological polar surface area (TPSA) is 49.9 Å². The Morgan fingerprint density at radius 1 is 1.04 bits per heavy atom. The highest BCUT2D eigenvalue weighted by Gasteiger charge is 2.29. The summed E-state index contributed by atoms with van der Waals surface area (Å²) in [6.07, 6.45) is 2.01. The Labute approximate surface area is 142 Å². The fourth-order valence-corrected chi connectivity index (χ4v) is 2.53. The molecule has 0 aliphatic rings. The molecule has 0 spiro atoms. The van der Waals surface area contributed by atoms with Crippen molar-refractivity contribution < 1.29 is 14.3 Å². The third-order valence-electron chi connectivity index (χ3n) is 4.07. The first-order valence-corrected chi connectivity index (χ1v) is 8.76. The van der Waals surface area contributed by atoms with Crippen molar-refractivity contribution in [2.45, 2.75) is 54.4 Å². The molecule has 23 heavy (non-hydrogen) atoms. The standard InChI is InChI=1S/C18H36N2O3/c1-8-19(9-2)12-10-11-13-20(17(22)18(4,5)6)14-15(3)16(21)23-7/h15H,8-14H2,1-7H3. The molecule has 0 aromatic carbocycles. The molecular weight excluding hydrogens is 292 g/mol. The summed E-state index contributed by atoms with van der Waals surface area (Å²) in [6, 6.07) is 0. The smallest absolute Gasteiger partial charge is 0.310 e. The molecule has 0 bridgehead atoms. The Bertz CT molecular complexity index is 360. The molecule has 0 rings (SSSR count). The van der Waals surface area contributed by atoms with Gasteiger partial charge in [-0.2, -0.15) is 0 Å². The van der Waals surface area contributed by atoms with Gasteiger partial charge in [0.15, 0.2) is 0 Å². The van der Waals surface area contributed by atoms with E-state index in [1.165, 1.54) is 7.11 Å². The monoisotopic (exact) mass is 328 g/mol. The van der Waals surface area contributed by atoms with Crippen LogP contribution in [0.2, 0.25) is 0 Å². The van der Waals surface area contributed by atoms with Crippen LogP contribution in [-0.2, 0) is 14.3 Å². The summed E-state index contributed by atoms with van der Waals surface area (Å²) >= 11 is 0. The fourth-order valence-electron chi connectivity index (χ4n) is 2.53. The molecule has 0 aromatic rings. The Morgan fingerprint density at radius 2 is 1.57 bits per heavy atom. The van der Waals surface area contributed by atoms with Crippen molar-refractivity contribution in [1.29, 1.82) is 0 Å². The number of nitrogens with zero attached hydrogens (tertiary/aromatic N) is 2. The Kier molecular flexibility index (Phi) is 10.1. The lowest BCUT2D eigenvalue weighted by Gasteiger charge is -2.31. The minimum absolute atomic E-state index is 0.0936. The quantitative estimate of drug-likeness (QED) is 0.457. The second-order valence-corrected chi connectivity index (χ2v) is 7.16. The van der Waals surface area contributed by atoms with Crippen LogP contribution < -0.4 is 0 Å². The molecule has 1 unspecified atom stereocenters. The molecule has 0 aliphatic heterocycles. The van der Waals surface area contributed by atoms with Crippen LogP contribution in [0.3, 0.4) is 0 Å². The highest BCUT2D eigenvalue weighted by atomic mass is 16.5. The van der Waals surface area contributed by atoms with Gasteiger partial charge in [0.05, 0.1) is 13.0 Å². The van der Waals surface area contributed by atoms with Crippen LogP contribution in [0.15, 0.2) is 0 Å². The largest absolute Gasteiger partial charge is 0.469 e. The predicted octanol–water partition coefficient (Wildman–Crippen LogP) is 2.79. The zero-order valence-corrected chi connectivity index (χ0v) is 16.1. The van der Waals surface area contributed by atoms with Crippen LogP contribution in [0, 0.1) is 11.3 Å². The van der Waals surface area contributed by atoms with Crippen molar-refractivity contribution >= 4 is 11.9 Å². The number of unbranched alkanes of at least 4 members (excludes halogenated alkanes) is 1. The van der Waals surface area contributed by atoms with Gasteiger partial charge in [0.1, 0.15) is 0 Å². The maximum Gasteiger partial charge on any atom is 0.310 e. The maximum atomic E-state index is 12.6. The SMILES string of the molecule is CCN(CC)CCCCN(CC(C)C(=O)OC)C(=O)C(C)(C)C. The lowest BCUT2D eigenvalue weighted by Crippen LogP contribution is -2.43. The molecule has 0 heterocycles. The van der Waals surface area contributed by atoms with Crippen LogP contribution in [0.1, 0.15) is 54.4 Å². The number of hydrogen-bond acceptors (Lipinski definition) is 4. The van der Waals surface area contributed by atoms with Crippen molar-refractivity contribution in [3.63, 3.8) is 0 Å². The number of carbonyl (C=O) groups is 2. The number of amides is 1. The number of methoxy groups -OCH3 is 1. The molecule has 0 aliphatic carbocycles. The second kappa shape index (κ2) is 10.6. The molecule has 0 saturated carbocycles. The molecular formula is C18H36N2O3. The van der Waals surface area contributed by atoms with E-state index in [1.54, 1.807) is 0 Å². The van der Waals surface area contributed by atoms with E-state index in [0.29, 0.717) is 13.1 Å². The van der Waals surface area contributed by atoms with Gasteiger partial charge in [0, 0.05) is 18.5 Å². The van der Waals surface area contributed by atoms with E-state index in [0.717, 1.165) is 32.5 Å². The lowest BCUT2D eigenvalue weighted by atomic mass is 9.94. The minimum Gasteiger partial charge on any atom is -0.469 e. The van der Waals surface area contributed by atoms with Gasteiger partial charge in [-0.1, -0.05) is 41.5 Å². The zero-order valence-electron chi connectivity index (χ0n) is 16.1. The van der Waals surface area contributed by atoms with Gasteiger partial charge in [0.2, 0.25) is 5.91 Å². The summed E-state index contributed by atoms with van der Waals surface area (Å²) in [5, 5.41) is 0. The number of rotatable bonds is 10. The summed E-state index contributed by atoms with van der Waals surface area (Å²) in [5.74, 6) is -0.468. The van der Waals surface area contributed by atoms with E-state index in [9.17, 15) is 9.59 Å². The van der Waals surface area contributed by atoms with Crippen LogP contribution >= 0.6 is 0 Å². The van der Waals surface area contributed by atoms with Crippen molar-refractivity contribution in [2.75, 3.05) is 39.8 Å². The molecule has 5 heteroatoms. The van der Waals surface area contributed by atoms with E-state index in [2.05, 4.69) is 18.7 Å². The Hall–Kier alpha value is -1.10. The van der Waals surface area contributed by atoms with Gasteiger partial charge < -0.3 is 14.5 Å². The average Bonchev–Trinajstić information content (AvgIpc) is 2.51. The first-order valence-electron chi connectivity index (χ1n) is 8.76. The first kappa shape index (κ1) is 21.9. The van der Waals surface area contributed by atoms with Crippen molar-refractivity contribution in [2.24, 2.45) is 11.3 Å².